The van der Waals surface area contributed by atoms with Crippen molar-refractivity contribution in [2.24, 2.45) is 5.92 Å². The molecule has 0 radical (unpaired) electrons. The molecule has 26 heavy (non-hydrogen) atoms. The number of rotatable bonds is 5. The Balaban J connectivity index is 1.47. The molecular weight excluding hydrogens is 372 g/mol. The van der Waals surface area contributed by atoms with Crippen molar-refractivity contribution in [3.63, 3.8) is 0 Å². The lowest BCUT2D eigenvalue weighted by Gasteiger charge is -2.29. The van der Waals surface area contributed by atoms with E-state index in [1.807, 2.05) is 17.5 Å². The second kappa shape index (κ2) is 8.54. The minimum Gasteiger partial charge on any atom is -0.335 e. The average molecular weight is 395 g/mol. The van der Waals surface area contributed by atoms with E-state index in [1.165, 1.54) is 22.4 Å². The summed E-state index contributed by atoms with van der Waals surface area (Å²) in [6.07, 6.45) is 4.37. The molecule has 10 heteroatoms. The first-order valence-electron chi connectivity index (χ1n) is 8.52. The molecule has 0 unspecified atom stereocenters. The number of aromatic nitrogens is 3. The number of hydrogen-bond acceptors (Lipinski definition) is 7. The number of urea groups is 1. The van der Waals surface area contributed by atoms with E-state index in [-0.39, 0.29) is 11.8 Å². The molecule has 0 saturated heterocycles. The smallest absolute Gasteiger partial charge is 0.321 e. The van der Waals surface area contributed by atoms with E-state index in [0.717, 1.165) is 35.9 Å². The number of nitrogen functional groups attached to an aromatic ring is 1. The molecule has 1 aliphatic rings. The van der Waals surface area contributed by atoms with Gasteiger partial charge in [-0.25, -0.2) is 9.47 Å². The topological polar surface area (TPSA) is 115 Å². The summed E-state index contributed by atoms with van der Waals surface area (Å²) in [4.78, 5) is 24.9. The Morgan fingerprint density at radius 1 is 1.38 bits per heavy atom. The fourth-order valence-corrected chi connectivity index (χ4v) is 4.34. The number of nitrogens with two attached hydrogens (primary N) is 1. The number of amides is 3. The molecule has 2 atom stereocenters. The monoisotopic (exact) mass is 394 g/mol. The molecule has 1 saturated carbocycles. The molecule has 0 aliphatic heterocycles. The zero-order chi connectivity index (χ0) is 18.5. The van der Waals surface area contributed by atoms with Gasteiger partial charge in [-0.05, 0) is 30.2 Å². The third-order valence-corrected chi connectivity index (χ3v) is 6.23. The highest BCUT2D eigenvalue weighted by atomic mass is 32.2. The first kappa shape index (κ1) is 18.7. The van der Waals surface area contributed by atoms with Gasteiger partial charge in [0.1, 0.15) is 0 Å². The molecule has 2 aromatic rings. The van der Waals surface area contributed by atoms with Crippen molar-refractivity contribution in [1.82, 2.24) is 25.5 Å². The second-order valence-corrected chi connectivity index (χ2v) is 8.22. The van der Waals surface area contributed by atoms with Crippen LogP contribution < -0.4 is 16.5 Å². The van der Waals surface area contributed by atoms with Gasteiger partial charge in [0.25, 0.3) is 0 Å². The Kier molecular flexibility index (Phi) is 6.15. The third kappa shape index (κ3) is 4.55. The number of imide groups is 1. The van der Waals surface area contributed by atoms with Crippen LogP contribution in [0, 0.1) is 5.92 Å². The number of carbonyl (C=O) groups is 2. The van der Waals surface area contributed by atoms with Crippen molar-refractivity contribution in [2.45, 2.75) is 43.8 Å². The van der Waals surface area contributed by atoms with Crippen molar-refractivity contribution in [2.75, 3.05) is 11.6 Å². The van der Waals surface area contributed by atoms with Gasteiger partial charge in [0.05, 0.1) is 10.6 Å². The summed E-state index contributed by atoms with van der Waals surface area (Å²) < 4.78 is 1.35. The predicted molar refractivity (Wildman–Crippen MR) is 102 cm³/mol. The number of thiophene rings is 1. The van der Waals surface area contributed by atoms with Crippen molar-refractivity contribution < 1.29 is 9.59 Å². The summed E-state index contributed by atoms with van der Waals surface area (Å²) >= 11 is 2.65. The summed E-state index contributed by atoms with van der Waals surface area (Å²) in [6.45, 7) is 2.13. The van der Waals surface area contributed by atoms with Gasteiger partial charge < -0.3 is 11.2 Å². The SMILES string of the molecule is C[C@H]1CCCC[C@@H]1NC(=O)NC(=O)CSc1nnc(-c2cccs2)n1N. The summed E-state index contributed by atoms with van der Waals surface area (Å²) in [7, 11) is 0. The van der Waals surface area contributed by atoms with Crippen molar-refractivity contribution in [1.29, 1.82) is 0 Å². The standard InChI is InChI=1S/C16H22N6O2S2/c1-10-5-2-3-6-11(10)18-15(24)19-13(23)9-26-16-21-20-14(22(16)17)12-7-4-8-25-12/h4,7-8,10-11H,2-3,5-6,9,17H2,1H3,(H2,18,19,23,24)/t10-,11-/m0/s1. The van der Waals surface area contributed by atoms with Gasteiger partial charge >= 0.3 is 6.03 Å². The van der Waals surface area contributed by atoms with Gasteiger partial charge in [-0.3, -0.25) is 10.1 Å². The number of nitrogens with zero attached hydrogens (tertiary/aromatic N) is 3. The zero-order valence-corrected chi connectivity index (χ0v) is 16.1. The first-order valence-corrected chi connectivity index (χ1v) is 10.4. The molecule has 8 nitrogen and oxygen atoms in total. The van der Waals surface area contributed by atoms with Crippen LogP contribution in [0.1, 0.15) is 32.6 Å². The molecule has 4 N–H and O–H groups in total. The van der Waals surface area contributed by atoms with E-state index in [1.54, 1.807) is 0 Å². The van der Waals surface area contributed by atoms with Crippen LogP contribution in [0.5, 0.6) is 0 Å². The van der Waals surface area contributed by atoms with E-state index in [0.29, 0.717) is 16.9 Å². The minimum atomic E-state index is -0.442. The number of thioether (sulfide) groups is 1. The number of carbonyl (C=O) groups excluding carboxylic acids is 2. The summed E-state index contributed by atoms with van der Waals surface area (Å²) in [5.41, 5.74) is 0. The van der Waals surface area contributed by atoms with Crippen molar-refractivity contribution in [3.05, 3.63) is 17.5 Å². The van der Waals surface area contributed by atoms with Crippen LogP contribution in [0.4, 0.5) is 4.79 Å². The highest BCUT2D eigenvalue weighted by Gasteiger charge is 2.23. The number of hydrogen-bond donors (Lipinski definition) is 3. The van der Waals surface area contributed by atoms with Crippen LogP contribution in [0.2, 0.25) is 0 Å². The van der Waals surface area contributed by atoms with E-state index in [4.69, 9.17) is 5.84 Å². The average Bonchev–Trinajstić information content (AvgIpc) is 3.25. The molecule has 2 aromatic heterocycles. The van der Waals surface area contributed by atoms with Gasteiger partial charge in [0, 0.05) is 6.04 Å². The maximum absolute atomic E-state index is 12.0. The Hall–Kier alpha value is -2.07. The Morgan fingerprint density at radius 2 is 2.19 bits per heavy atom. The lowest BCUT2D eigenvalue weighted by atomic mass is 9.86. The van der Waals surface area contributed by atoms with Crippen LogP contribution >= 0.6 is 23.1 Å². The Morgan fingerprint density at radius 3 is 2.92 bits per heavy atom. The normalized spacial score (nSPS) is 19.9. The van der Waals surface area contributed by atoms with Crippen LogP contribution in [-0.2, 0) is 4.79 Å². The van der Waals surface area contributed by atoms with Crippen LogP contribution in [0.25, 0.3) is 10.7 Å². The highest BCUT2D eigenvalue weighted by Crippen LogP contribution is 2.25. The van der Waals surface area contributed by atoms with Crippen molar-refractivity contribution in [3.8, 4) is 10.7 Å². The van der Waals surface area contributed by atoms with E-state index >= 15 is 0 Å². The van der Waals surface area contributed by atoms with E-state index < -0.39 is 11.9 Å². The van der Waals surface area contributed by atoms with E-state index in [2.05, 4.69) is 27.8 Å². The first-order chi connectivity index (χ1) is 12.5. The lowest BCUT2D eigenvalue weighted by Crippen LogP contribution is -2.48. The Labute approximate surface area is 159 Å². The highest BCUT2D eigenvalue weighted by molar-refractivity contribution is 7.99. The predicted octanol–water partition coefficient (Wildman–Crippen LogP) is 2.22. The van der Waals surface area contributed by atoms with Gasteiger partial charge in [-0.1, -0.05) is 37.6 Å². The quantitative estimate of drug-likeness (QED) is 0.529. The number of nitrogens with one attached hydrogen (secondary N) is 2. The van der Waals surface area contributed by atoms with Crippen LogP contribution in [0.3, 0.4) is 0 Å². The lowest BCUT2D eigenvalue weighted by molar-refractivity contribution is -0.117. The maximum atomic E-state index is 12.0. The van der Waals surface area contributed by atoms with Gasteiger partial charge in [0.15, 0.2) is 5.82 Å². The molecule has 0 spiro atoms. The molecule has 3 rings (SSSR count). The van der Waals surface area contributed by atoms with E-state index in [9.17, 15) is 9.59 Å². The molecule has 3 amide bonds. The molecule has 0 bridgehead atoms. The zero-order valence-electron chi connectivity index (χ0n) is 14.5. The fourth-order valence-electron chi connectivity index (χ4n) is 2.98. The summed E-state index contributed by atoms with van der Waals surface area (Å²) in [5.74, 6) is 6.61. The molecule has 1 aliphatic carbocycles. The maximum Gasteiger partial charge on any atom is 0.321 e. The van der Waals surface area contributed by atoms with Gasteiger partial charge in [0.2, 0.25) is 11.1 Å². The van der Waals surface area contributed by atoms with Gasteiger partial charge in [-0.2, -0.15) is 0 Å². The molecular formula is C16H22N6O2S2. The van der Waals surface area contributed by atoms with Crippen LogP contribution in [-0.4, -0.2) is 38.6 Å². The third-order valence-electron chi connectivity index (χ3n) is 4.42. The summed E-state index contributed by atoms with van der Waals surface area (Å²) in [5, 5.41) is 15.7. The molecule has 1 fully saturated rings. The molecule has 140 valence electrons. The second-order valence-electron chi connectivity index (χ2n) is 6.33. The van der Waals surface area contributed by atoms with Crippen LogP contribution in [0.15, 0.2) is 22.7 Å². The largest absolute Gasteiger partial charge is 0.335 e. The molecule has 0 aromatic carbocycles. The minimum absolute atomic E-state index is 0.0351. The Bertz CT molecular complexity index is 761. The van der Waals surface area contributed by atoms with Gasteiger partial charge in [-0.15, -0.1) is 21.5 Å². The fraction of sp³-hybridized carbons (Fsp3) is 0.500. The summed E-state index contributed by atoms with van der Waals surface area (Å²) in [6, 6.07) is 3.49. The van der Waals surface area contributed by atoms with Crippen molar-refractivity contribution >= 4 is 35.0 Å². The molecule has 2 heterocycles.